The van der Waals surface area contributed by atoms with Gasteiger partial charge < -0.3 is 15.4 Å². The maximum Gasteiger partial charge on any atom is 0.192 e. The normalized spacial score (nSPS) is 11.6. The number of benzene rings is 1. The SMILES string of the molecule is CCNC(=NCc1nc(-c2ccc(OC)cc2)n[nH]1)NCc1nnc2ccccn12. The maximum absolute atomic E-state index is 5.18. The van der Waals surface area contributed by atoms with Crippen LogP contribution in [0, 0.1) is 0 Å². The third kappa shape index (κ3) is 4.37. The zero-order chi connectivity index (χ0) is 20.8. The lowest BCUT2D eigenvalue weighted by molar-refractivity contribution is 0.415. The standard InChI is InChI=1S/C20H23N9O/c1-3-21-20(23-13-18-27-26-17-6-4-5-11-29(17)18)22-12-16-24-19(28-25-16)14-7-9-15(30-2)10-8-14/h4-11H,3,12-13H2,1-2H3,(H2,21,22,23)(H,24,25,28). The molecule has 0 radical (unpaired) electrons. The molecule has 0 spiro atoms. The van der Waals surface area contributed by atoms with Crippen LogP contribution in [0.4, 0.5) is 0 Å². The van der Waals surface area contributed by atoms with Crippen molar-refractivity contribution < 1.29 is 4.74 Å². The number of aliphatic imine (C=N–C) groups is 1. The lowest BCUT2D eigenvalue weighted by Crippen LogP contribution is -2.37. The Morgan fingerprint density at radius 2 is 2.00 bits per heavy atom. The fourth-order valence-electron chi connectivity index (χ4n) is 2.91. The van der Waals surface area contributed by atoms with Gasteiger partial charge in [-0.1, -0.05) is 6.07 Å². The van der Waals surface area contributed by atoms with Gasteiger partial charge in [0.15, 0.2) is 23.3 Å². The monoisotopic (exact) mass is 405 g/mol. The van der Waals surface area contributed by atoms with E-state index in [2.05, 4.69) is 41.0 Å². The number of nitrogens with one attached hydrogen (secondary N) is 3. The molecule has 154 valence electrons. The number of ether oxygens (including phenoxy) is 1. The van der Waals surface area contributed by atoms with E-state index in [-0.39, 0.29) is 0 Å². The van der Waals surface area contributed by atoms with Crippen molar-refractivity contribution in [1.82, 2.24) is 40.4 Å². The number of rotatable bonds is 7. The Bertz CT molecular complexity index is 1130. The number of pyridine rings is 1. The van der Waals surface area contributed by atoms with Gasteiger partial charge in [0.25, 0.3) is 0 Å². The minimum atomic E-state index is 0.360. The molecule has 0 aliphatic rings. The first-order chi connectivity index (χ1) is 14.8. The summed E-state index contributed by atoms with van der Waals surface area (Å²) in [4.78, 5) is 9.10. The Labute approximate surface area is 173 Å². The van der Waals surface area contributed by atoms with Gasteiger partial charge >= 0.3 is 0 Å². The fourth-order valence-corrected chi connectivity index (χ4v) is 2.91. The van der Waals surface area contributed by atoms with Crippen LogP contribution in [0.15, 0.2) is 53.7 Å². The van der Waals surface area contributed by atoms with E-state index >= 15 is 0 Å². The van der Waals surface area contributed by atoms with Gasteiger partial charge in [-0.2, -0.15) is 5.10 Å². The third-order valence-corrected chi connectivity index (χ3v) is 4.41. The van der Waals surface area contributed by atoms with Gasteiger partial charge in [-0.05, 0) is 43.3 Å². The molecule has 0 atom stereocenters. The molecule has 0 saturated carbocycles. The van der Waals surface area contributed by atoms with Crippen molar-refractivity contribution in [3.63, 3.8) is 0 Å². The molecule has 0 amide bonds. The first-order valence-corrected chi connectivity index (χ1v) is 9.63. The highest BCUT2D eigenvalue weighted by molar-refractivity contribution is 5.79. The molecule has 3 aromatic heterocycles. The van der Waals surface area contributed by atoms with E-state index in [1.165, 1.54) is 0 Å². The van der Waals surface area contributed by atoms with Crippen LogP contribution in [0.25, 0.3) is 17.0 Å². The van der Waals surface area contributed by atoms with Gasteiger partial charge in [-0.3, -0.25) is 9.50 Å². The molecule has 1 aromatic carbocycles. The molecule has 4 rings (SSSR count). The molecule has 4 aromatic rings. The molecular weight excluding hydrogens is 382 g/mol. The summed E-state index contributed by atoms with van der Waals surface area (Å²) in [6, 6.07) is 13.4. The second-order valence-corrected chi connectivity index (χ2v) is 6.43. The first-order valence-electron chi connectivity index (χ1n) is 9.63. The Hall–Kier alpha value is -3.95. The highest BCUT2D eigenvalue weighted by Crippen LogP contribution is 2.19. The van der Waals surface area contributed by atoms with Crippen LogP contribution in [0.3, 0.4) is 0 Å². The van der Waals surface area contributed by atoms with Crippen LogP contribution >= 0.6 is 0 Å². The van der Waals surface area contributed by atoms with E-state index in [0.29, 0.717) is 30.7 Å². The smallest absolute Gasteiger partial charge is 0.192 e. The van der Waals surface area contributed by atoms with E-state index < -0.39 is 0 Å². The molecule has 10 heteroatoms. The second kappa shape index (κ2) is 9.03. The van der Waals surface area contributed by atoms with Crippen LogP contribution in [0.1, 0.15) is 18.6 Å². The molecule has 10 nitrogen and oxygen atoms in total. The van der Waals surface area contributed by atoms with Gasteiger partial charge in [-0.15, -0.1) is 10.2 Å². The molecule has 0 unspecified atom stereocenters. The Morgan fingerprint density at radius 1 is 1.13 bits per heavy atom. The Kier molecular flexibility index (Phi) is 5.83. The van der Waals surface area contributed by atoms with Crippen molar-refractivity contribution in [1.29, 1.82) is 0 Å². The second-order valence-electron chi connectivity index (χ2n) is 6.43. The quantitative estimate of drug-likeness (QED) is 0.317. The molecule has 0 fully saturated rings. The maximum atomic E-state index is 5.18. The summed E-state index contributed by atoms with van der Waals surface area (Å²) in [7, 11) is 1.64. The number of hydrogen-bond acceptors (Lipinski definition) is 6. The molecule has 0 aliphatic heterocycles. The van der Waals surface area contributed by atoms with E-state index in [1.54, 1.807) is 7.11 Å². The summed E-state index contributed by atoms with van der Waals surface area (Å²) >= 11 is 0. The Balaban J connectivity index is 1.42. The van der Waals surface area contributed by atoms with Crippen LogP contribution in [-0.2, 0) is 13.1 Å². The van der Waals surface area contributed by atoms with Crippen LogP contribution in [-0.4, -0.2) is 49.4 Å². The van der Waals surface area contributed by atoms with Gasteiger partial charge in [-0.25, -0.2) is 9.98 Å². The highest BCUT2D eigenvalue weighted by Gasteiger charge is 2.08. The number of H-pyrrole nitrogens is 1. The van der Waals surface area contributed by atoms with E-state index in [9.17, 15) is 0 Å². The topological polar surface area (TPSA) is 117 Å². The largest absolute Gasteiger partial charge is 0.497 e. The van der Waals surface area contributed by atoms with Crippen molar-refractivity contribution in [2.24, 2.45) is 4.99 Å². The zero-order valence-electron chi connectivity index (χ0n) is 16.8. The number of aromatic amines is 1. The summed E-state index contributed by atoms with van der Waals surface area (Å²) in [5.41, 5.74) is 1.72. The highest BCUT2D eigenvalue weighted by atomic mass is 16.5. The molecule has 0 bridgehead atoms. The van der Waals surface area contributed by atoms with Crippen molar-refractivity contribution in [2.75, 3.05) is 13.7 Å². The van der Waals surface area contributed by atoms with E-state index in [0.717, 1.165) is 29.3 Å². The summed E-state index contributed by atoms with van der Waals surface area (Å²) < 4.78 is 7.12. The zero-order valence-corrected chi connectivity index (χ0v) is 16.8. The predicted molar refractivity (Wildman–Crippen MR) is 113 cm³/mol. The van der Waals surface area contributed by atoms with Crippen LogP contribution < -0.4 is 15.4 Å². The van der Waals surface area contributed by atoms with Crippen molar-refractivity contribution in [2.45, 2.75) is 20.0 Å². The number of aromatic nitrogens is 6. The number of fused-ring (bicyclic) bond motifs is 1. The van der Waals surface area contributed by atoms with Crippen molar-refractivity contribution >= 4 is 11.6 Å². The van der Waals surface area contributed by atoms with Crippen molar-refractivity contribution in [3.8, 4) is 17.1 Å². The lowest BCUT2D eigenvalue weighted by Gasteiger charge is -2.10. The summed E-state index contributed by atoms with van der Waals surface area (Å²) in [6.45, 7) is 3.60. The summed E-state index contributed by atoms with van der Waals surface area (Å²) in [6.07, 6.45) is 1.94. The summed E-state index contributed by atoms with van der Waals surface area (Å²) in [5, 5.41) is 22.1. The number of methoxy groups -OCH3 is 1. The van der Waals surface area contributed by atoms with Gasteiger partial charge in [0, 0.05) is 18.3 Å². The first kappa shape index (κ1) is 19.4. The van der Waals surface area contributed by atoms with Gasteiger partial charge in [0.2, 0.25) is 0 Å². The minimum absolute atomic E-state index is 0.360. The fraction of sp³-hybridized carbons (Fsp3) is 0.250. The van der Waals surface area contributed by atoms with Gasteiger partial charge in [0.1, 0.15) is 18.1 Å². The molecule has 3 N–H and O–H groups in total. The number of hydrogen-bond donors (Lipinski definition) is 3. The molecule has 0 saturated heterocycles. The predicted octanol–water partition coefficient (Wildman–Crippen LogP) is 1.78. The van der Waals surface area contributed by atoms with Gasteiger partial charge in [0.05, 0.1) is 13.7 Å². The van der Waals surface area contributed by atoms with Crippen molar-refractivity contribution in [3.05, 3.63) is 60.3 Å². The Morgan fingerprint density at radius 3 is 2.80 bits per heavy atom. The van der Waals surface area contributed by atoms with E-state index in [1.807, 2.05) is 60.0 Å². The molecule has 3 heterocycles. The number of nitrogens with zero attached hydrogens (tertiary/aromatic N) is 6. The average Bonchev–Trinajstić information content (AvgIpc) is 3.43. The van der Waals surface area contributed by atoms with Crippen LogP contribution in [0.5, 0.6) is 5.75 Å². The third-order valence-electron chi connectivity index (χ3n) is 4.41. The van der Waals surface area contributed by atoms with E-state index in [4.69, 9.17) is 4.74 Å². The minimum Gasteiger partial charge on any atom is -0.497 e. The van der Waals surface area contributed by atoms with Crippen LogP contribution in [0.2, 0.25) is 0 Å². The number of guanidine groups is 1. The lowest BCUT2D eigenvalue weighted by atomic mass is 10.2. The molecule has 30 heavy (non-hydrogen) atoms. The average molecular weight is 405 g/mol. The molecular formula is C20H23N9O. The summed E-state index contributed by atoms with van der Waals surface area (Å²) in [5.74, 6) is 3.55. The molecule has 0 aliphatic carbocycles.